The highest BCUT2D eigenvalue weighted by molar-refractivity contribution is 7.08. The molecular formula is C13H11N3OS. The molecule has 4 nitrogen and oxygen atoms in total. The Labute approximate surface area is 107 Å². The summed E-state index contributed by atoms with van der Waals surface area (Å²) in [5, 5.41) is 7.01. The van der Waals surface area contributed by atoms with Gasteiger partial charge in [0.25, 0.3) is 5.56 Å². The van der Waals surface area contributed by atoms with Crippen LogP contribution in [-0.4, -0.2) is 14.6 Å². The molecule has 1 saturated carbocycles. The van der Waals surface area contributed by atoms with Crippen molar-refractivity contribution in [3.63, 3.8) is 0 Å². The van der Waals surface area contributed by atoms with Crippen LogP contribution in [0, 0.1) is 0 Å². The first kappa shape index (κ1) is 10.1. The van der Waals surface area contributed by atoms with E-state index in [4.69, 9.17) is 0 Å². The number of aromatic amines is 1. The molecule has 3 aromatic rings. The summed E-state index contributed by atoms with van der Waals surface area (Å²) in [6, 6.07) is 3.58. The topological polar surface area (TPSA) is 50.2 Å². The van der Waals surface area contributed by atoms with E-state index in [0.717, 1.165) is 16.9 Å². The van der Waals surface area contributed by atoms with Gasteiger partial charge in [-0.2, -0.15) is 11.3 Å². The molecule has 1 aliphatic carbocycles. The molecule has 1 N–H and O–H groups in total. The lowest BCUT2D eigenvalue weighted by Gasteiger charge is -1.99. The zero-order valence-electron chi connectivity index (χ0n) is 9.59. The van der Waals surface area contributed by atoms with Gasteiger partial charge in [-0.25, -0.2) is 9.50 Å². The lowest BCUT2D eigenvalue weighted by Crippen LogP contribution is -2.14. The van der Waals surface area contributed by atoms with Crippen LogP contribution in [0.4, 0.5) is 0 Å². The summed E-state index contributed by atoms with van der Waals surface area (Å²) >= 11 is 1.61. The maximum atomic E-state index is 12.0. The van der Waals surface area contributed by atoms with E-state index in [1.807, 2.05) is 23.0 Å². The SMILES string of the molecule is O=c1cc(-c2ccsc2)nc2c(C3CC3)c[nH]n12. The molecule has 0 aromatic carbocycles. The Kier molecular flexibility index (Phi) is 1.99. The van der Waals surface area contributed by atoms with Crippen LogP contribution < -0.4 is 5.56 Å². The molecule has 1 aliphatic rings. The minimum absolute atomic E-state index is 0.0481. The Morgan fingerprint density at radius 2 is 2.33 bits per heavy atom. The van der Waals surface area contributed by atoms with Crippen molar-refractivity contribution in [3.05, 3.63) is 45.0 Å². The van der Waals surface area contributed by atoms with Gasteiger partial charge in [-0.1, -0.05) is 0 Å². The molecule has 3 aromatic heterocycles. The Hall–Kier alpha value is -1.88. The van der Waals surface area contributed by atoms with Crippen molar-refractivity contribution < 1.29 is 0 Å². The summed E-state index contributed by atoms with van der Waals surface area (Å²) in [6.07, 6.45) is 4.32. The van der Waals surface area contributed by atoms with E-state index in [0.29, 0.717) is 5.92 Å². The van der Waals surface area contributed by atoms with Crippen molar-refractivity contribution in [2.75, 3.05) is 0 Å². The average Bonchev–Trinajstić information content (AvgIpc) is 2.93. The van der Waals surface area contributed by atoms with Gasteiger partial charge in [-0.15, -0.1) is 0 Å². The maximum absolute atomic E-state index is 12.0. The molecule has 0 bridgehead atoms. The monoisotopic (exact) mass is 257 g/mol. The van der Waals surface area contributed by atoms with Gasteiger partial charge in [0.2, 0.25) is 0 Å². The number of aromatic nitrogens is 3. The predicted molar refractivity (Wildman–Crippen MR) is 71.1 cm³/mol. The molecule has 0 saturated heterocycles. The number of nitrogens with zero attached hydrogens (tertiary/aromatic N) is 2. The minimum atomic E-state index is -0.0481. The smallest absolute Gasteiger partial charge is 0.273 e. The minimum Gasteiger partial charge on any atom is -0.297 e. The molecule has 0 amide bonds. The van der Waals surface area contributed by atoms with E-state index in [-0.39, 0.29) is 5.56 Å². The first-order chi connectivity index (χ1) is 8.83. The normalized spacial score (nSPS) is 15.3. The largest absolute Gasteiger partial charge is 0.297 e. The molecule has 5 heteroatoms. The van der Waals surface area contributed by atoms with Crippen molar-refractivity contribution in [1.82, 2.24) is 14.6 Å². The fourth-order valence-electron chi connectivity index (χ4n) is 2.25. The lowest BCUT2D eigenvalue weighted by atomic mass is 10.2. The van der Waals surface area contributed by atoms with E-state index in [1.54, 1.807) is 17.4 Å². The van der Waals surface area contributed by atoms with Crippen molar-refractivity contribution in [1.29, 1.82) is 0 Å². The van der Waals surface area contributed by atoms with E-state index in [2.05, 4.69) is 10.1 Å². The maximum Gasteiger partial charge on any atom is 0.273 e. The van der Waals surface area contributed by atoms with Gasteiger partial charge in [0.15, 0.2) is 5.65 Å². The van der Waals surface area contributed by atoms with Gasteiger partial charge >= 0.3 is 0 Å². The molecule has 0 aliphatic heterocycles. The average molecular weight is 257 g/mol. The Morgan fingerprint density at radius 1 is 1.44 bits per heavy atom. The molecule has 1 fully saturated rings. The fraction of sp³-hybridized carbons (Fsp3) is 0.231. The van der Waals surface area contributed by atoms with Crippen LogP contribution in [0.1, 0.15) is 24.3 Å². The third-order valence-electron chi connectivity index (χ3n) is 3.36. The quantitative estimate of drug-likeness (QED) is 0.767. The molecule has 0 spiro atoms. The van der Waals surface area contributed by atoms with Crippen LogP contribution in [0.25, 0.3) is 16.9 Å². The van der Waals surface area contributed by atoms with E-state index in [9.17, 15) is 4.79 Å². The lowest BCUT2D eigenvalue weighted by molar-refractivity contribution is 0.901. The Balaban J connectivity index is 2.01. The second-order valence-corrected chi connectivity index (χ2v) is 5.43. The van der Waals surface area contributed by atoms with E-state index >= 15 is 0 Å². The number of thiophene rings is 1. The van der Waals surface area contributed by atoms with Gasteiger partial charge in [-0.3, -0.25) is 9.89 Å². The first-order valence-corrected chi connectivity index (χ1v) is 6.91. The van der Waals surface area contributed by atoms with Gasteiger partial charge in [0.05, 0.1) is 5.69 Å². The van der Waals surface area contributed by atoms with Crippen molar-refractivity contribution in [3.8, 4) is 11.3 Å². The summed E-state index contributed by atoms with van der Waals surface area (Å²) < 4.78 is 1.53. The van der Waals surface area contributed by atoms with Crippen LogP contribution >= 0.6 is 11.3 Å². The summed E-state index contributed by atoms with van der Waals surface area (Å²) in [7, 11) is 0. The van der Waals surface area contributed by atoms with Crippen molar-refractivity contribution >= 4 is 17.0 Å². The van der Waals surface area contributed by atoms with Crippen molar-refractivity contribution in [2.45, 2.75) is 18.8 Å². The van der Waals surface area contributed by atoms with Gasteiger partial charge in [-0.05, 0) is 30.2 Å². The van der Waals surface area contributed by atoms with Crippen LogP contribution in [0.2, 0.25) is 0 Å². The Bertz CT molecular complexity index is 765. The molecule has 18 heavy (non-hydrogen) atoms. The summed E-state index contributed by atoms with van der Waals surface area (Å²) in [5.41, 5.74) is 3.69. The number of hydrogen-bond donors (Lipinski definition) is 1. The molecule has 0 radical (unpaired) electrons. The Morgan fingerprint density at radius 3 is 3.06 bits per heavy atom. The molecule has 3 heterocycles. The number of rotatable bonds is 2. The van der Waals surface area contributed by atoms with Crippen LogP contribution in [-0.2, 0) is 0 Å². The van der Waals surface area contributed by atoms with Crippen LogP contribution in [0.3, 0.4) is 0 Å². The van der Waals surface area contributed by atoms with Gasteiger partial charge in [0, 0.05) is 28.8 Å². The number of hydrogen-bond acceptors (Lipinski definition) is 3. The molecule has 0 atom stereocenters. The standard InChI is InChI=1S/C13H11N3OS/c17-12-5-11(9-3-4-18-7-9)15-13-10(8-1-2-8)6-14-16(12)13/h3-8,14H,1-2H2. The molecule has 4 rings (SSSR count). The molecule has 0 unspecified atom stereocenters. The highest BCUT2D eigenvalue weighted by Gasteiger charge is 2.27. The predicted octanol–water partition coefficient (Wildman–Crippen LogP) is 2.63. The number of H-pyrrole nitrogens is 1. The third kappa shape index (κ3) is 1.44. The highest BCUT2D eigenvalue weighted by Crippen LogP contribution is 2.41. The summed E-state index contributed by atoms with van der Waals surface area (Å²) in [5.74, 6) is 0.580. The van der Waals surface area contributed by atoms with Crippen LogP contribution in [0.5, 0.6) is 0 Å². The second kappa shape index (κ2) is 3.55. The van der Waals surface area contributed by atoms with E-state index in [1.165, 1.54) is 22.9 Å². The van der Waals surface area contributed by atoms with Gasteiger partial charge in [0.1, 0.15) is 0 Å². The third-order valence-corrected chi connectivity index (χ3v) is 4.04. The summed E-state index contributed by atoms with van der Waals surface area (Å²) in [4.78, 5) is 16.7. The van der Waals surface area contributed by atoms with Crippen LogP contribution in [0.15, 0.2) is 33.9 Å². The first-order valence-electron chi connectivity index (χ1n) is 5.96. The molecule has 90 valence electrons. The zero-order chi connectivity index (χ0) is 12.1. The highest BCUT2D eigenvalue weighted by atomic mass is 32.1. The zero-order valence-corrected chi connectivity index (χ0v) is 10.4. The van der Waals surface area contributed by atoms with Crippen molar-refractivity contribution in [2.24, 2.45) is 0 Å². The van der Waals surface area contributed by atoms with E-state index < -0.39 is 0 Å². The number of nitrogens with one attached hydrogen (secondary N) is 1. The number of fused-ring (bicyclic) bond motifs is 1. The van der Waals surface area contributed by atoms with Gasteiger partial charge < -0.3 is 0 Å². The molecular weight excluding hydrogens is 246 g/mol. The summed E-state index contributed by atoms with van der Waals surface area (Å²) in [6.45, 7) is 0. The fourth-order valence-corrected chi connectivity index (χ4v) is 2.90. The second-order valence-electron chi connectivity index (χ2n) is 4.65.